The Balaban J connectivity index is 0.000000405. The van der Waals surface area contributed by atoms with Crippen LogP contribution >= 0.6 is 12.4 Å². The van der Waals surface area contributed by atoms with E-state index in [1.807, 2.05) is 0 Å². The molecular formula is C7H14ClN. The van der Waals surface area contributed by atoms with E-state index in [0.717, 1.165) is 18.0 Å². The first-order valence-electron chi connectivity index (χ1n) is 3.62. The Morgan fingerprint density at radius 2 is 2.11 bits per heavy atom. The smallest absolute Gasteiger partial charge is 0.00964 e. The third kappa shape index (κ3) is 1.08. The molecule has 9 heavy (non-hydrogen) atoms. The van der Waals surface area contributed by atoms with Crippen LogP contribution in [0.4, 0.5) is 0 Å². The van der Waals surface area contributed by atoms with Gasteiger partial charge in [-0.1, -0.05) is 6.92 Å². The Kier molecular flexibility index (Phi) is 2.02. The molecule has 0 aliphatic carbocycles. The summed E-state index contributed by atoms with van der Waals surface area (Å²) in [5, 5.41) is 3.58. The van der Waals surface area contributed by atoms with Crippen LogP contribution in [0.3, 0.4) is 0 Å². The van der Waals surface area contributed by atoms with Crippen LogP contribution in [0.5, 0.6) is 0 Å². The summed E-state index contributed by atoms with van der Waals surface area (Å²) in [4.78, 5) is 0. The van der Waals surface area contributed by atoms with E-state index in [0.29, 0.717) is 0 Å². The van der Waals surface area contributed by atoms with Crippen molar-refractivity contribution in [2.24, 2.45) is 5.92 Å². The summed E-state index contributed by atoms with van der Waals surface area (Å²) in [6, 6.07) is 1.79. The largest absolute Gasteiger partial charge is 0.311 e. The Hall–Kier alpha value is 0.250. The minimum atomic E-state index is 0. The van der Waals surface area contributed by atoms with Gasteiger partial charge in [0.25, 0.3) is 0 Å². The molecule has 1 nitrogen and oxygen atoms in total. The van der Waals surface area contributed by atoms with Crippen molar-refractivity contribution in [1.82, 2.24) is 5.32 Å². The fourth-order valence-corrected chi connectivity index (χ4v) is 2.10. The molecule has 2 heterocycles. The SMILES string of the molecule is C[C@@H]1C[C@H]2CC[C@@H]1N2.Cl. The maximum Gasteiger partial charge on any atom is 0.00964 e. The van der Waals surface area contributed by atoms with Gasteiger partial charge in [0.05, 0.1) is 0 Å². The first-order chi connectivity index (χ1) is 3.86. The summed E-state index contributed by atoms with van der Waals surface area (Å²) in [5.41, 5.74) is 0. The van der Waals surface area contributed by atoms with Gasteiger partial charge in [-0.25, -0.2) is 0 Å². The molecule has 2 heteroatoms. The average molecular weight is 148 g/mol. The van der Waals surface area contributed by atoms with Crippen molar-refractivity contribution in [1.29, 1.82) is 0 Å². The van der Waals surface area contributed by atoms with E-state index in [4.69, 9.17) is 0 Å². The average Bonchev–Trinajstić information content (AvgIpc) is 2.23. The van der Waals surface area contributed by atoms with Crippen molar-refractivity contribution in [3.63, 3.8) is 0 Å². The lowest BCUT2D eigenvalue weighted by atomic mass is 9.91. The van der Waals surface area contributed by atoms with Gasteiger partial charge in [-0.15, -0.1) is 12.4 Å². The van der Waals surface area contributed by atoms with Gasteiger partial charge in [-0.2, -0.15) is 0 Å². The molecule has 0 aromatic heterocycles. The van der Waals surface area contributed by atoms with Gasteiger partial charge in [0.15, 0.2) is 0 Å². The molecule has 0 aromatic carbocycles. The highest BCUT2D eigenvalue weighted by Crippen LogP contribution is 2.32. The molecular weight excluding hydrogens is 134 g/mol. The fourth-order valence-electron chi connectivity index (χ4n) is 2.10. The van der Waals surface area contributed by atoms with Crippen LogP contribution in [0.15, 0.2) is 0 Å². The van der Waals surface area contributed by atoms with Crippen LogP contribution in [0, 0.1) is 5.92 Å². The van der Waals surface area contributed by atoms with Gasteiger partial charge in [0, 0.05) is 12.1 Å². The third-order valence-corrected chi connectivity index (χ3v) is 2.62. The number of halogens is 1. The number of hydrogen-bond acceptors (Lipinski definition) is 1. The molecule has 2 fully saturated rings. The molecule has 2 aliphatic rings. The van der Waals surface area contributed by atoms with Gasteiger partial charge in [-0.05, 0) is 25.2 Å². The predicted molar refractivity (Wildman–Crippen MR) is 41.0 cm³/mol. The van der Waals surface area contributed by atoms with Gasteiger partial charge in [-0.3, -0.25) is 0 Å². The molecule has 54 valence electrons. The van der Waals surface area contributed by atoms with E-state index < -0.39 is 0 Å². The molecule has 0 amide bonds. The molecule has 0 spiro atoms. The Bertz CT molecular complexity index is 103. The van der Waals surface area contributed by atoms with Gasteiger partial charge >= 0.3 is 0 Å². The molecule has 2 aliphatic heterocycles. The lowest BCUT2D eigenvalue weighted by molar-refractivity contribution is 0.439. The van der Waals surface area contributed by atoms with Crippen molar-refractivity contribution < 1.29 is 0 Å². The summed E-state index contributed by atoms with van der Waals surface area (Å²) >= 11 is 0. The van der Waals surface area contributed by atoms with Crippen molar-refractivity contribution in [3.05, 3.63) is 0 Å². The van der Waals surface area contributed by atoms with Crippen molar-refractivity contribution in [2.75, 3.05) is 0 Å². The molecule has 2 saturated heterocycles. The van der Waals surface area contributed by atoms with E-state index in [-0.39, 0.29) is 12.4 Å². The summed E-state index contributed by atoms with van der Waals surface area (Å²) in [6.07, 6.45) is 4.31. The van der Waals surface area contributed by atoms with E-state index in [9.17, 15) is 0 Å². The Morgan fingerprint density at radius 3 is 2.33 bits per heavy atom. The van der Waals surface area contributed by atoms with Crippen LogP contribution in [-0.2, 0) is 0 Å². The molecule has 2 rings (SSSR count). The zero-order valence-electron chi connectivity index (χ0n) is 5.76. The molecule has 0 radical (unpaired) electrons. The van der Waals surface area contributed by atoms with Crippen LogP contribution in [0.25, 0.3) is 0 Å². The highest BCUT2D eigenvalue weighted by molar-refractivity contribution is 5.85. The third-order valence-electron chi connectivity index (χ3n) is 2.62. The summed E-state index contributed by atoms with van der Waals surface area (Å²) in [5.74, 6) is 0.966. The minimum Gasteiger partial charge on any atom is -0.311 e. The monoisotopic (exact) mass is 147 g/mol. The summed E-state index contributed by atoms with van der Waals surface area (Å²) in [7, 11) is 0. The number of fused-ring (bicyclic) bond motifs is 2. The summed E-state index contributed by atoms with van der Waals surface area (Å²) in [6.45, 7) is 2.36. The first-order valence-corrected chi connectivity index (χ1v) is 3.62. The number of rotatable bonds is 0. The van der Waals surface area contributed by atoms with Crippen molar-refractivity contribution in [2.45, 2.75) is 38.3 Å². The van der Waals surface area contributed by atoms with Crippen LogP contribution in [0.1, 0.15) is 26.2 Å². The van der Waals surface area contributed by atoms with Crippen LogP contribution < -0.4 is 5.32 Å². The quantitative estimate of drug-likeness (QED) is 0.549. The topological polar surface area (TPSA) is 12.0 Å². The van der Waals surface area contributed by atoms with Crippen LogP contribution in [-0.4, -0.2) is 12.1 Å². The lowest BCUT2D eigenvalue weighted by Crippen LogP contribution is -2.20. The fraction of sp³-hybridized carbons (Fsp3) is 1.00. The Morgan fingerprint density at radius 1 is 1.33 bits per heavy atom. The van der Waals surface area contributed by atoms with Gasteiger partial charge in [0.2, 0.25) is 0 Å². The minimum absolute atomic E-state index is 0. The van der Waals surface area contributed by atoms with E-state index in [2.05, 4.69) is 12.2 Å². The highest BCUT2D eigenvalue weighted by Gasteiger charge is 2.35. The highest BCUT2D eigenvalue weighted by atomic mass is 35.5. The molecule has 0 saturated carbocycles. The van der Waals surface area contributed by atoms with E-state index >= 15 is 0 Å². The van der Waals surface area contributed by atoms with Crippen LogP contribution in [0.2, 0.25) is 0 Å². The normalized spacial score (nSPS) is 47.0. The zero-order valence-corrected chi connectivity index (χ0v) is 6.58. The van der Waals surface area contributed by atoms with Gasteiger partial charge < -0.3 is 5.32 Å². The Labute approximate surface area is 62.6 Å². The molecule has 0 aromatic rings. The second-order valence-electron chi connectivity index (χ2n) is 3.26. The first kappa shape index (κ1) is 7.36. The maximum atomic E-state index is 3.58. The molecule has 2 bridgehead atoms. The predicted octanol–water partition coefficient (Wildman–Crippen LogP) is 1.57. The molecule has 1 N–H and O–H groups in total. The molecule has 0 unspecified atom stereocenters. The number of hydrogen-bond donors (Lipinski definition) is 1. The van der Waals surface area contributed by atoms with E-state index in [1.54, 1.807) is 0 Å². The summed E-state index contributed by atoms with van der Waals surface area (Å²) < 4.78 is 0. The maximum absolute atomic E-state index is 3.58. The van der Waals surface area contributed by atoms with E-state index in [1.165, 1.54) is 19.3 Å². The standard InChI is InChI=1S/C7H13N.ClH/c1-5-4-6-2-3-7(5)8-6;/h5-8H,2-4H2,1H3;1H/t5-,6-,7+;/m1./s1. The lowest BCUT2D eigenvalue weighted by Gasteiger charge is -2.13. The second kappa shape index (κ2) is 2.47. The van der Waals surface area contributed by atoms with Crippen molar-refractivity contribution >= 4 is 12.4 Å². The number of nitrogens with one attached hydrogen (secondary N) is 1. The molecule has 3 atom stereocenters. The zero-order chi connectivity index (χ0) is 5.56. The van der Waals surface area contributed by atoms with Gasteiger partial charge in [0.1, 0.15) is 0 Å². The van der Waals surface area contributed by atoms with Crippen molar-refractivity contribution in [3.8, 4) is 0 Å². The second-order valence-corrected chi connectivity index (χ2v) is 3.26.